The van der Waals surface area contributed by atoms with E-state index in [2.05, 4.69) is 4.99 Å². The van der Waals surface area contributed by atoms with E-state index in [1.165, 1.54) is 0 Å². The highest BCUT2D eigenvalue weighted by Crippen LogP contribution is 2.33. The van der Waals surface area contributed by atoms with Crippen LogP contribution in [0.15, 0.2) is 58.0 Å². The standard InChI is InChI=1S/C18H13NO4S/c1-24-13-5-2-11(3-6-13)8-14-18(20)23-17(19-14)12-4-7-15-16(9-12)22-10-21-15/h2-9H,10H2,1H3. The lowest BCUT2D eigenvalue weighted by Crippen LogP contribution is -2.05. The van der Waals surface area contributed by atoms with Crippen molar-refractivity contribution < 1.29 is 19.0 Å². The van der Waals surface area contributed by atoms with Crippen molar-refractivity contribution in [2.45, 2.75) is 4.90 Å². The van der Waals surface area contributed by atoms with Crippen LogP contribution in [0.25, 0.3) is 6.08 Å². The van der Waals surface area contributed by atoms with E-state index in [0.29, 0.717) is 17.1 Å². The number of carbonyl (C=O) groups excluding carboxylic acids is 1. The zero-order valence-corrected chi connectivity index (χ0v) is 13.6. The Kier molecular flexibility index (Phi) is 3.74. The van der Waals surface area contributed by atoms with Crippen molar-refractivity contribution in [1.82, 2.24) is 0 Å². The molecule has 5 nitrogen and oxygen atoms in total. The fourth-order valence-corrected chi connectivity index (χ4v) is 2.83. The van der Waals surface area contributed by atoms with Crippen LogP contribution in [0.3, 0.4) is 0 Å². The minimum atomic E-state index is -0.461. The normalized spacial score (nSPS) is 17.1. The molecule has 6 heteroatoms. The summed E-state index contributed by atoms with van der Waals surface area (Å²) in [5.41, 5.74) is 1.85. The number of ether oxygens (including phenoxy) is 3. The lowest BCUT2D eigenvalue weighted by atomic mass is 10.2. The average molecular weight is 339 g/mol. The molecule has 0 aromatic heterocycles. The van der Waals surface area contributed by atoms with Gasteiger partial charge in [0, 0.05) is 10.5 Å². The number of carbonyl (C=O) groups is 1. The Bertz CT molecular complexity index is 871. The van der Waals surface area contributed by atoms with Crippen molar-refractivity contribution >= 4 is 29.7 Å². The molecule has 0 amide bonds. The van der Waals surface area contributed by atoms with E-state index in [0.717, 1.165) is 10.5 Å². The highest BCUT2D eigenvalue weighted by molar-refractivity contribution is 7.98. The summed E-state index contributed by atoms with van der Waals surface area (Å²) in [6.45, 7) is 0.197. The molecule has 0 atom stereocenters. The number of cyclic esters (lactones) is 1. The Morgan fingerprint density at radius 1 is 1.08 bits per heavy atom. The van der Waals surface area contributed by atoms with Crippen LogP contribution >= 0.6 is 11.8 Å². The number of benzene rings is 2. The van der Waals surface area contributed by atoms with Crippen LogP contribution in [0.1, 0.15) is 11.1 Å². The average Bonchev–Trinajstić information content (AvgIpc) is 3.22. The van der Waals surface area contributed by atoms with Crippen molar-refractivity contribution in [3.05, 3.63) is 59.3 Å². The number of nitrogens with zero attached hydrogens (tertiary/aromatic N) is 1. The third-order valence-corrected chi connectivity index (χ3v) is 4.40. The molecular formula is C18H13NO4S. The molecule has 0 saturated carbocycles. The van der Waals surface area contributed by atoms with Gasteiger partial charge in [-0.3, -0.25) is 0 Å². The van der Waals surface area contributed by atoms with E-state index in [4.69, 9.17) is 14.2 Å². The van der Waals surface area contributed by atoms with Crippen molar-refractivity contribution in [3.63, 3.8) is 0 Å². The molecule has 0 fully saturated rings. The number of hydrogen-bond acceptors (Lipinski definition) is 6. The van der Waals surface area contributed by atoms with Crippen molar-refractivity contribution in [1.29, 1.82) is 0 Å². The van der Waals surface area contributed by atoms with Gasteiger partial charge in [-0.15, -0.1) is 11.8 Å². The smallest absolute Gasteiger partial charge is 0.363 e. The fraction of sp³-hybridized carbons (Fsp3) is 0.111. The van der Waals surface area contributed by atoms with Crippen LogP contribution in [0.2, 0.25) is 0 Å². The van der Waals surface area contributed by atoms with Gasteiger partial charge in [0.05, 0.1) is 0 Å². The lowest BCUT2D eigenvalue weighted by Gasteiger charge is -2.01. The Balaban J connectivity index is 1.63. The molecular weight excluding hydrogens is 326 g/mol. The van der Waals surface area contributed by atoms with Crippen molar-refractivity contribution in [2.24, 2.45) is 4.99 Å². The zero-order valence-electron chi connectivity index (χ0n) is 12.8. The molecule has 0 unspecified atom stereocenters. The first-order chi connectivity index (χ1) is 11.7. The van der Waals surface area contributed by atoms with Gasteiger partial charge in [0.2, 0.25) is 12.7 Å². The first-order valence-corrected chi connectivity index (χ1v) is 8.52. The number of hydrogen-bond donors (Lipinski definition) is 0. The Morgan fingerprint density at radius 2 is 1.88 bits per heavy atom. The molecule has 0 aliphatic carbocycles. The van der Waals surface area contributed by atoms with Crippen LogP contribution in [-0.2, 0) is 9.53 Å². The predicted octanol–water partition coefficient (Wildman–Crippen LogP) is 3.48. The van der Waals surface area contributed by atoms with E-state index in [1.54, 1.807) is 36.0 Å². The molecule has 2 aliphatic heterocycles. The summed E-state index contributed by atoms with van der Waals surface area (Å²) in [6.07, 6.45) is 3.73. The van der Waals surface area contributed by atoms with Crippen molar-refractivity contribution in [2.75, 3.05) is 13.0 Å². The molecule has 0 bridgehead atoms. The van der Waals surface area contributed by atoms with Gasteiger partial charge in [0.1, 0.15) is 0 Å². The van der Waals surface area contributed by atoms with E-state index in [9.17, 15) is 4.79 Å². The predicted molar refractivity (Wildman–Crippen MR) is 91.4 cm³/mol. The van der Waals surface area contributed by atoms with E-state index in [-0.39, 0.29) is 18.4 Å². The largest absolute Gasteiger partial charge is 0.454 e. The van der Waals surface area contributed by atoms with E-state index in [1.807, 2.05) is 30.5 Å². The summed E-state index contributed by atoms with van der Waals surface area (Å²) in [5.74, 6) is 1.10. The van der Waals surface area contributed by atoms with Crippen LogP contribution in [0.5, 0.6) is 11.5 Å². The molecule has 2 aromatic carbocycles. The molecule has 2 aliphatic rings. The quantitative estimate of drug-likeness (QED) is 0.487. The number of aliphatic imine (C=N–C) groups is 1. The maximum absolute atomic E-state index is 12.1. The summed E-state index contributed by atoms with van der Waals surface area (Å²) in [6, 6.07) is 13.2. The lowest BCUT2D eigenvalue weighted by molar-refractivity contribution is -0.129. The van der Waals surface area contributed by atoms with Crippen LogP contribution in [0.4, 0.5) is 0 Å². The number of esters is 1. The monoisotopic (exact) mass is 339 g/mol. The molecule has 0 saturated heterocycles. The number of thioether (sulfide) groups is 1. The third kappa shape index (κ3) is 2.76. The fourth-order valence-electron chi connectivity index (χ4n) is 2.42. The topological polar surface area (TPSA) is 57.1 Å². The zero-order chi connectivity index (χ0) is 16.5. The van der Waals surface area contributed by atoms with Gasteiger partial charge in [0.15, 0.2) is 17.2 Å². The second-order valence-corrected chi connectivity index (χ2v) is 6.06. The minimum Gasteiger partial charge on any atom is -0.454 e. The van der Waals surface area contributed by atoms with Crippen LogP contribution in [0, 0.1) is 0 Å². The SMILES string of the molecule is CSc1ccc(C=C2N=C(c3ccc4c(c3)OCO4)OC2=O)cc1. The van der Waals surface area contributed by atoms with Gasteiger partial charge in [-0.25, -0.2) is 9.79 Å². The molecule has 0 spiro atoms. The maximum atomic E-state index is 12.1. The van der Waals surface area contributed by atoms with E-state index >= 15 is 0 Å². The molecule has 2 aromatic rings. The second-order valence-electron chi connectivity index (χ2n) is 5.18. The molecule has 4 rings (SSSR count). The molecule has 24 heavy (non-hydrogen) atoms. The molecule has 0 radical (unpaired) electrons. The summed E-state index contributed by atoms with van der Waals surface area (Å²) >= 11 is 1.67. The molecule has 2 heterocycles. The number of rotatable bonds is 3. The highest BCUT2D eigenvalue weighted by atomic mass is 32.2. The Hall–Kier alpha value is -2.73. The number of fused-ring (bicyclic) bond motifs is 1. The highest BCUT2D eigenvalue weighted by Gasteiger charge is 2.25. The van der Waals surface area contributed by atoms with Gasteiger partial charge in [-0.2, -0.15) is 0 Å². The van der Waals surface area contributed by atoms with Gasteiger partial charge < -0.3 is 14.2 Å². The minimum absolute atomic E-state index is 0.197. The van der Waals surface area contributed by atoms with Gasteiger partial charge in [0.25, 0.3) is 0 Å². The third-order valence-electron chi connectivity index (χ3n) is 3.66. The van der Waals surface area contributed by atoms with E-state index < -0.39 is 5.97 Å². The Labute approximate surface area is 142 Å². The first-order valence-electron chi connectivity index (χ1n) is 7.29. The summed E-state index contributed by atoms with van der Waals surface area (Å²) in [7, 11) is 0. The summed E-state index contributed by atoms with van der Waals surface area (Å²) in [4.78, 5) is 17.5. The molecule has 0 N–H and O–H groups in total. The van der Waals surface area contributed by atoms with Crippen LogP contribution < -0.4 is 9.47 Å². The van der Waals surface area contributed by atoms with Gasteiger partial charge in [-0.1, -0.05) is 12.1 Å². The summed E-state index contributed by atoms with van der Waals surface area (Å²) in [5, 5.41) is 0. The van der Waals surface area contributed by atoms with Gasteiger partial charge in [-0.05, 0) is 48.2 Å². The molecule has 120 valence electrons. The Morgan fingerprint density at radius 3 is 2.67 bits per heavy atom. The first kappa shape index (κ1) is 14.8. The van der Waals surface area contributed by atoms with Crippen molar-refractivity contribution in [3.8, 4) is 11.5 Å². The maximum Gasteiger partial charge on any atom is 0.363 e. The summed E-state index contributed by atoms with van der Waals surface area (Å²) < 4.78 is 15.9. The van der Waals surface area contributed by atoms with Crippen LogP contribution in [-0.4, -0.2) is 24.9 Å². The second kappa shape index (κ2) is 6.05. The van der Waals surface area contributed by atoms with Gasteiger partial charge >= 0.3 is 5.97 Å².